The summed E-state index contributed by atoms with van der Waals surface area (Å²) in [6.45, 7) is 4.83. The molecule has 1 aromatic carbocycles. The molecule has 0 saturated carbocycles. The van der Waals surface area contributed by atoms with Gasteiger partial charge in [0.25, 0.3) is 5.56 Å². The number of H-pyrrole nitrogens is 1. The fourth-order valence-electron chi connectivity index (χ4n) is 5.30. The highest BCUT2D eigenvalue weighted by Crippen LogP contribution is 2.37. The Balaban J connectivity index is 1.40. The molecule has 0 amide bonds. The van der Waals surface area contributed by atoms with Crippen molar-refractivity contribution in [2.24, 2.45) is 5.41 Å². The first-order valence-corrected chi connectivity index (χ1v) is 12.9. The molecule has 2 aliphatic heterocycles. The van der Waals surface area contributed by atoms with Gasteiger partial charge in [-0.15, -0.1) is 0 Å². The smallest absolute Gasteiger partial charge is 0.303 e. The standard InChI is InChI=1S/C26H32FN7O3/c1-26(15-21(35)36)8-12-33(13-9-26)20-7-6-17(14-18(20)27)29-23-22-19(16-28-32-24(22)37)30-25(31-23)34-10-4-2-3-5-11-34/h6-7,14,16H,2-5,8-13,15H2,1H3,(H,32,37)(H,35,36)(H,29,30,31). The number of nitrogens with one attached hydrogen (secondary N) is 2. The number of carboxylic acid groups (broad SMARTS) is 1. The molecule has 0 radical (unpaired) electrons. The van der Waals surface area contributed by atoms with Crippen molar-refractivity contribution in [2.45, 2.75) is 51.9 Å². The van der Waals surface area contributed by atoms with Gasteiger partial charge in [-0.2, -0.15) is 10.1 Å². The normalized spacial score (nSPS) is 18.0. The van der Waals surface area contributed by atoms with E-state index in [0.717, 1.165) is 38.8 Å². The number of halogens is 1. The zero-order valence-electron chi connectivity index (χ0n) is 21.0. The maximum atomic E-state index is 15.3. The lowest BCUT2D eigenvalue weighted by molar-refractivity contribution is -0.139. The van der Waals surface area contributed by atoms with Gasteiger partial charge in [0.2, 0.25) is 5.95 Å². The average molecular weight is 510 g/mol. The fourth-order valence-corrected chi connectivity index (χ4v) is 5.30. The topological polar surface area (TPSA) is 127 Å². The van der Waals surface area contributed by atoms with Crippen molar-refractivity contribution in [1.29, 1.82) is 0 Å². The summed E-state index contributed by atoms with van der Waals surface area (Å²) in [6, 6.07) is 4.87. The van der Waals surface area contributed by atoms with Crippen LogP contribution < -0.4 is 20.7 Å². The highest BCUT2D eigenvalue weighted by atomic mass is 19.1. The maximum absolute atomic E-state index is 15.3. The number of carbonyl (C=O) groups is 1. The first kappa shape index (κ1) is 24.9. The lowest BCUT2D eigenvalue weighted by Gasteiger charge is -2.39. The third-order valence-electron chi connectivity index (χ3n) is 7.49. The lowest BCUT2D eigenvalue weighted by atomic mass is 9.77. The van der Waals surface area contributed by atoms with Gasteiger partial charge in [0, 0.05) is 31.9 Å². The molecule has 2 fully saturated rings. The molecule has 0 atom stereocenters. The van der Waals surface area contributed by atoms with Gasteiger partial charge in [-0.3, -0.25) is 9.59 Å². The Morgan fingerprint density at radius 3 is 2.51 bits per heavy atom. The summed E-state index contributed by atoms with van der Waals surface area (Å²) in [7, 11) is 0. The van der Waals surface area contributed by atoms with E-state index in [-0.39, 0.29) is 17.2 Å². The summed E-state index contributed by atoms with van der Waals surface area (Å²) in [5.74, 6) is -0.362. The minimum Gasteiger partial charge on any atom is -0.481 e. The van der Waals surface area contributed by atoms with Crippen LogP contribution in [0.4, 0.5) is 27.5 Å². The molecule has 2 aliphatic rings. The van der Waals surface area contributed by atoms with Gasteiger partial charge in [-0.25, -0.2) is 14.5 Å². The molecule has 2 aromatic heterocycles. The van der Waals surface area contributed by atoms with E-state index >= 15 is 4.39 Å². The summed E-state index contributed by atoms with van der Waals surface area (Å²) < 4.78 is 15.3. The van der Waals surface area contributed by atoms with Crippen LogP contribution in [0, 0.1) is 11.2 Å². The summed E-state index contributed by atoms with van der Waals surface area (Å²) in [6.07, 6.45) is 7.42. The molecule has 0 aliphatic carbocycles. The first-order chi connectivity index (χ1) is 17.8. The second-order valence-electron chi connectivity index (χ2n) is 10.4. The van der Waals surface area contributed by atoms with Crippen molar-refractivity contribution >= 4 is 40.0 Å². The molecule has 196 valence electrons. The Hall–Kier alpha value is -3.76. The summed E-state index contributed by atoms with van der Waals surface area (Å²) >= 11 is 0. The number of rotatable bonds is 6. The zero-order chi connectivity index (χ0) is 26.0. The van der Waals surface area contributed by atoms with Crippen LogP contribution in [0.1, 0.15) is 51.9 Å². The predicted molar refractivity (Wildman–Crippen MR) is 140 cm³/mol. The molecular weight excluding hydrogens is 477 g/mol. The molecule has 2 saturated heterocycles. The van der Waals surface area contributed by atoms with Gasteiger partial charge in [-0.1, -0.05) is 19.8 Å². The van der Waals surface area contributed by atoms with E-state index in [0.29, 0.717) is 54.6 Å². The van der Waals surface area contributed by atoms with Crippen molar-refractivity contribution < 1.29 is 14.3 Å². The number of carboxylic acids is 1. The third-order valence-corrected chi connectivity index (χ3v) is 7.49. The van der Waals surface area contributed by atoms with E-state index in [2.05, 4.69) is 30.4 Å². The molecule has 0 bridgehead atoms. The van der Waals surface area contributed by atoms with Crippen molar-refractivity contribution in [1.82, 2.24) is 20.2 Å². The number of nitrogens with zero attached hydrogens (tertiary/aromatic N) is 5. The van der Waals surface area contributed by atoms with Gasteiger partial charge < -0.3 is 20.2 Å². The van der Waals surface area contributed by atoms with E-state index in [1.807, 2.05) is 11.8 Å². The second kappa shape index (κ2) is 10.3. The van der Waals surface area contributed by atoms with Crippen LogP contribution in [0.5, 0.6) is 0 Å². The number of hydrogen-bond acceptors (Lipinski definition) is 8. The quantitative estimate of drug-likeness (QED) is 0.451. The van der Waals surface area contributed by atoms with Crippen LogP contribution >= 0.6 is 0 Å². The van der Waals surface area contributed by atoms with E-state index in [9.17, 15) is 14.7 Å². The number of aromatic nitrogens is 4. The summed E-state index contributed by atoms with van der Waals surface area (Å²) in [4.78, 5) is 37.1. The van der Waals surface area contributed by atoms with Crippen LogP contribution in [0.2, 0.25) is 0 Å². The molecular formula is C26H32FN7O3. The molecule has 10 nitrogen and oxygen atoms in total. The highest BCUT2D eigenvalue weighted by molar-refractivity contribution is 5.90. The van der Waals surface area contributed by atoms with Crippen molar-refractivity contribution in [3.63, 3.8) is 0 Å². The van der Waals surface area contributed by atoms with Crippen LogP contribution in [0.15, 0.2) is 29.2 Å². The maximum Gasteiger partial charge on any atom is 0.303 e. The number of fused-ring (bicyclic) bond motifs is 1. The van der Waals surface area contributed by atoms with Crippen molar-refractivity contribution in [3.8, 4) is 0 Å². The summed E-state index contributed by atoms with van der Waals surface area (Å²) in [5.41, 5.74) is 0.670. The van der Waals surface area contributed by atoms with Crippen LogP contribution in [0.25, 0.3) is 10.9 Å². The van der Waals surface area contributed by atoms with Gasteiger partial charge in [0.05, 0.1) is 18.3 Å². The van der Waals surface area contributed by atoms with E-state index in [1.165, 1.54) is 12.3 Å². The molecule has 0 unspecified atom stereocenters. The van der Waals surface area contributed by atoms with Crippen molar-refractivity contribution in [2.75, 3.05) is 41.3 Å². The van der Waals surface area contributed by atoms with Crippen LogP contribution in [-0.4, -0.2) is 57.4 Å². The Morgan fingerprint density at radius 1 is 1.11 bits per heavy atom. The minimum atomic E-state index is -0.802. The number of benzene rings is 1. The SMILES string of the molecule is CC1(CC(=O)O)CCN(c2ccc(Nc3nc(N4CCCCCC4)nc4cn[nH]c(=O)c34)cc2F)CC1. The Kier molecular flexibility index (Phi) is 6.94. The first-order valence-electron chi connectivity index (χ1n) is 12.9. The Bertz CT molecular complexity index is 1350. The minimum absolute atomic E-state index is 0.118. The molecule has 0 spiro atoms. The number of hydrogen-bond donors (Lipinski definition) is 3. The summed E-state index contributed by atoms with van der Waals surface area (Å²) in [5, 5.41) is 18.9. The van der Waals surface area contributed by atoms with Crippen LogP contribution in [-0.2, 0) is 4.79 Å². The molecule has 4 heterocycles. The van der Waals surface area contributed by atoms with E-state index in [4.69, 9.17) is 0 Å². The van der Waals surface area contributed by atoms with Gasteiger partial charge in [0.1, 0.15) is 22.5 Å². The molecule has 3 N–H and O–H groups in total. The number of piperidine rings is 1. The molecule has 5 rings (SSSR count). The number of anilines is 4. The van der Waals surface area contributed by atoms with E-state index < -0.39 is 17.3 Å². The van der Waals surface area contributed by atoms with E-state index in [1.54, 1.807) is 12.1 Å². The predicted octanol–water partition coefficient (Wildman–Crippen LogP) is 4.06. The largest absolute Gasteiger partial charge is 0.481 e. The highest BCUT2D eigenvalue weighted by Gasteiger charge is 2.33. The Morgan fingerprint density at radius 2 is 1.84 bits per heavy atom. The number of aliphatic carboxylic acids is 1. The molecule has 11 heteroatoms. The fraction of sp³-hybridized carbons (Fsp3) is 0.500. The third kappa shape index (κ3) is 5.50. The van der Waals surface area contributed by atoms with Gasteiger partial charge >= 0.3 is 5.97 Å². The van der Waals surface area contributed by atoms with Crippen LogP contribution in [0.3, 0.4) is 0 Å². The zero-order valence-corrected chi connectivity index (χ0v) is 21.0. The monoisotopic (exact) mass is 509 g/mol. The molecule has 37 heavy (non-hydrogen) atoms. The lowest BCUT2D eigenvalue weighted by Crippen LogP contribution is -2.40. The average Bonchev–Trinajstić information content (AvgIpc) is 3.14. The van der Waals surface area contributed by atoms with Crippen molar-refractivity contribution in [3.05, 3.63) is 40.6 Å². The van der Waals surface area contributed by atoms with Gasteiger partial charge in [-0.05, 0) is 49.3 Å². The number of aromatic amines is 1. The van der Waals surface area contributed by atoms with Gasteiger partial charge in [0.15, 0.2) is 0 Å². The Labute approximate surface area is 213 Å². The molecule has 3 aromatic rings. The second-order valence-corrected chi connectivity index (χ2v) is 10.4.